The Morgan fingerprint density at radius 2 is 2.05 bits per heavy atom. The maximum absolute atomic E-state index is 6.17. The number of aromatic nitrogens is 1. The minimum Gasteiger partial charge on any atom is -0.354 e. The van der Waals surface area contributed by atoms with Crippen molar-refractivity contribution in [2.45, 2.75) is 19.4 Å². The predicted octanol–water partition coefficient (Wildman–Crippen LogP) is 1.99. The molecule has 0 radical (unpaired) electrons. The van der Waals surface area contributed by atoms with Crippen molar-refractivity contribution in [3.05, 3.63) is 22.8 Å². The van der Waals surface area contributed by atoms with Crippen LogP contribution < -0.4 is 10.2 Å². The molecule has 0 amide bonds. The Kier molecular flexibility index (Phi) is 4.44. The molecule has 110 valence electrons. The Labute approximate surface area is 126 Å². The second-order valence-corrected chi connectivity index (χ2v) is 6.30. The molecule has 2 fully saturated rings. The highest BCUT2D eigenvalue weighted by Gasteiger charge is 2.26. The molecule has 0 bridgehead atoms. The lowest BCUT2D eigenvalue weighted by Gasteiger charge is -2.35. The molecule has 20 heavy (non-hydrogen) atoms. The molecule has 1 saturated heterocycles. The van der Waals surface area contributed by atoms with Gasteiger partial charge in [0.2, 0.25) is 0 Å². The van der Waals surface area contributed by atoms with E-state index < -0.39 is 0 Å². The molecule has 1 N–H and O–H groups in total. The molecule has 0 atom stereocenters. The third kappa shape index (κ3) is 3.43. The van der Waals surface area contributed by atoms with Crippen molar-refractivity contribution in [3.63, 3.8) is 0 Å². The van der Waals surface area contributed by atoms with Gasteiger partial charge in [0.25, 0.3) is 0 Å². The van der Waals surface area contributed by atoms with Crippen LogP contribution in [0.4, 0.5) is 5.82 Å². The fourth-order valence-electron chi connectivity index (χ4n) is 2.79. The van der Waals surface area contributed by atoms with Gasteiger partial charge in [-0.15, -0.1) is 0 Å². The van der Waals surface area contributed by atoms with Crippen molar-refractivity contribution >= 4 is 17.4 Å². The quantitative estimate of drug-likeness (QED) is 0.900. The smallest absolute Gasteiger partial charge is 0.128 e. The van der Waals surface area contributed by atoms with Gasteiger partial charge in [-0.1, -0.05) is 11.6 Å². The Morgan fingerprint density at radius 3 is 2.70 bits per heavy atom. The summed E-state index contributed by atoms with van der Waals surface area (Å²) in [5.41, 5.74) is 1.12. The molecule has 0 spiro atoms. The van der Waals surface area contributed by atoms with Gasteiger partial charge in [-0.2, -0.15) is 0 Å². The first-order valence-electron chi connectivity index (χ1n) is 7.52. The lowest BCUT2D eigenvalue weighted by molar-refractivity contribution is 0.247. The van der Waals surface area contributed by atoms with Gasteiger partial charge >= 0.3 is 0 Å². The van der Waals surface area contributed by atoms with Gasteiger partial charge in [-0.3, -0.25) is 4.90 Å². The first-order valence-corrected chi connectivity index (χ1v) is 7.90. The lowest BCUT2D eigenvalue weighted by Crippen LogP contribution is -2.47. The Hall–Kier alpha value is -0.840. The maximum atomic E-state index is 6.17. The van der Waals surface area contributed by atoms with E-state index >= 15 is 0 Å². The number of hydrogen-bond acceptors (Lipinski definition) is 4. The van der Waals surface area contributed by atoms with Crippen LogP contribution in [-0.2, 0) is 6.54 Å². The fraction of sp³-hybridized carbons (Fsp3) is 0.667. The molecule has 0 aromatic carbocycles. The van der Waals surface area contributed by atoms with E-state index in [2.05, 4.69) is 26.2 Å². The van der Waals surface area contributed by atoms with Gasteiger partial charge in [-0.05, 0) is 37.4 Å². The molecule has 4 nitrogen and oxygen atoms in total. The summed E-state index contributed by atoms with van der Waals surface area (Å²) in [7, 11) is 1.94. The van der Waals surface area contributed by atoms with Crippen LogP contribution in [0.25, 0.3) is 0 Å². The maximum Gasteiger partial charge on any atom is 0.128 e. The molecular formula is C15H23ClN4. The van der Waals surface area contributed by atoms with Crippen molar-refractivity contribution in [1.82, 2.24) is 15.2 Å². The van der Waals surface area contributed by atoms with Crippen molar-refractivity contribution in [2.75, 3.05) is 44.7 Å². The second-order valence-electron chi connectivity index (χ2n) is 5.90. The number of anilines is 1. The van der Waals surface area contributed by atoms with Crippen LogP contribution in [0, 0.1) is 5.92 Å². The molecule has 5 heteroatoms. The molecule has 1 aromatic rings. The summed E-state index contributed by atoms with van der Waals surface area (Å²) in [6.45, 7) is 6.54. The standard InChI is InChI=1S/C15H23ClN4/c1-17-9-13-8-15(18-10-14(13)16)20-6-4-19(5-7-20)11-12-2-3-12/h8,10,12,17H,2-7,9,11H2,1H3. The molecule has 2 aliphatic rings. The molecule has 1 aliphatic heterocycles. The Bertz CT molecular complexity index is 453. The summed E-state index contributed by atoms with van der Waals surface area (Å²) < 4.78 is 0. The highest BCUT2D eigenvalue weighted by atomic mass is 35.5. The summed E-state index contributed by atoms with van der Waals surface area (Å²) in [4.78, 5) is 9.46. The number of pyridine rings is 1. The molecule has 2 heterocycles. The summed E-state index contributed by atoms with van der Waals surface area (Å²) in [6, 6.07) is 2.12. The normalized spacial score (nSPS) is 20.4. The average Bonchev–Trinajstić information content (AvgIpc) is 3.26. The lowest BCUT2D eigenvalue weighted by atomic mass is 10.2. The first kappa shape index (κ1) is 14.1. The molecular weight excluding hydrogens is 272 g/mol. The predicted molar refractivity (Wildman–Crippen MR) is 83.4 cm³/mol. The van der Waals surface area contributed by atoms with Crippen molar-refractivity contribution < 1.29 is 0 Å². The summed E-state index contributed by atoms with van der Waals surface area (Å²) in [6.07, 6.45) is 4.65. The zero-order valence-corrected chi connectivity index (χ0v) is 12.9. The molecule has 1 saturated carbocycles. The summed E-state index contributed by atoms with van der Waals surface area (Å²) in [5, 5.41) is 3.90. The van der Waals surface area contributed by atoms with E-state index in [1.165, 1.54) is 19.4 Å². The van der Waals surface area contributed by atoms with E-state index in [1.54, 1.807) is 6.20 Å². The van der Waals surface area contributed by atoms with Crippen LogP contribution in [0.3, 0.4) is 0 Å². The van der Waals surface area contributed by atoms with E-state index in [1.807, 2.05) is 7.05 Å². The van der Waals surface area contributed by atoms with E-state index in [-0.39, 0.29) is 0 Å². The average molecular weight is 295 g/mol. The van der Waals surface area contributed by atoms with Gasteiger partial charge in [0.15, 0.2) is 0 Å². The van der Waals surface area contributed by atoms with Crippen LogP contribution in [0.1, 0.15) is 18.4 Å². The van der Waals surface area contributed by atoms with Gasteiger partial charge in [0.1, 0.15) is 5.82 Å². The zero-order valence-electron chi connectivity index (χ0n) is 12.1. The SMILES string of the molecule is CNCc1cc(N2CCN(CC3CC3)CC2)ncc1Cl. The van der Waals surface area contributed by atoms with Crippen molar-refractivity contribution in [1.29, 1.82) is 0 Å². The topological polar surface area (TPSA) is 31.4 Å². The van der Waals surface area contributed by atoms with Crippen LogP contribution in [0.5, 0.6) is 0 Å². The van der Waals surface area contributed by atoms with Crippen LogP contribution in [0.2, 0.25) is 5.02 Å². The largest absolute Gasteiger partial charge is 0.354 e. The highest BCUT2D eigenvalue weighted by molar-refractivity contribution is 6.31. The van der Waals surface area contributed by atoms with E-state index in [4.69, 9.17) is 11.6 Å². The number of nitrogens with one attached hydrogen (secondary N) is 1. The van der Waals surface area contributed by atoms with Gasteiger partial charge < -0.3 is 10.2 Å². The molecule has 3 rings (SSSR count). The third-order valence-corrected chi connectivity index (χ3v) is 4.54. The Morgan fingerprint density at radius 1 is 1.30 bits per heavy atom. The molecule has 1 aromatic heterocycles. The zero-order chi connectivity index (χ0) is 13.9. The minimum atomic E-state index is 0.746. The molecule has 0 unspecified atom stereocenters. The van der Waals surface area contributed by atoms with Gasteiger partial charge in [-0.25, -0.2) is 4.98 Å². The van der Waals surface area contributed by atoms with E-state index in [9.17, 15) is 0 Å². The minimum absolute atomic E-state index is 0.746. The second kappa shape index (κ2) is 6.29. The first-order chi connectivity index (χ1) is 9.76. The number of nitrogens with zero attached hydrogens (tertiary/aromatic N) is 3. The van der Waals surface area contributed by atoms with Crippen molar-refractivity contribution in [3.8, 4) is 0 Å². The fourth-order valence-corrected chi connectivity index (χ4v) is 2.96. The Balaban J connectivity index is 1.60. The van der Waals surface area contributed by atoms with Gasteiger partial charge in [0, 0.05) is 45.5 Å². The van der Waals surface area contributed by atoms with Crippen LogP contribution in [0.15, 0.2) is 12.3 Å². The molecule has 1 aliphatic carbocycles. The number of hydrogen-bond donors (Lipinski definition) is 1. The number of piperazine rings is 1. The van der Waals surface area contributed by atoms with Crippen LogP contribution >= 0.6 is 11.6 Å². The number of rotatable bonds is 5. The van der Waals surface area contributed by atoms with Crippen molar-refractivity contribution in [2.24, 2.45) is 5.92 Å². The van der Waals surface area contributed by atoms with Crippen LogP contribution in [-0.4, -0.2) is 49.7 Å². The monoisotopic (exact) mass is 294 g/mol. The summed E-state index contributed by atoms with van der Waals surface area (Å²) in [5.74, 6) is 2.04. The van der Waals surface area contributed by atoms with E-state index in [0.717, 1.165) is 55.0 Å². The van der Waals surface area contributed by atoms with E-state index in [0.29, 0.717) is 0 Å². The van der Waals surface area contributed by atoms with Gasteiger partial charge in [0.05, 0.1) is 5.02 Å². The highest BCUT2D eigenvalue weighted by Crippen LogP contribution is 2.30. The number of halogens is 1. The summed E-state index contributed by atoms with van der Waals surface area (Å²) >= 11 is 6.17. The third-order valence-electron chi connectivity index (χ3n) is 4.20.